The number of hydrogen-bond acceptors (Lipinski definition) is 8. The highest BCUT2D eigenvalue weighted by molar-refractivity contribution is 5.99. The van der Waals surface area contributed by atoms with E-state index in [1.54, 1.807) is 13.8 Å². The number of hydrogen-bond donors (Lipinski definition) is 2. The van der Waals surface area contributed by atoms with Gasteiger partial charge in [0.25, 0.3) is 0 Å². The molecule has 0 radical (unpaired) electrons. The molecule has 10 rings (SSSR count). The second-order valence-corrected chi connectivity index (χ2v) is 19.2. The number of halogens is 2. The molecule has 8 aromatic carbocycles. The fourth-order valence-corrected chi connectivity index (χ4v) is 11.3. The van der Waals surface area contributed by atoms with Crippen molar-refractivity contribution in [1.82, 2.24) is 10.6 Å². The Balaban J connectivity index is 0.939. The lowest BCUT2D eigenvalue weighted by Gasteiger charge is -2.35. The lowest BCUT2D eigenvalue weighted by molar-refractivity contribution is 0.0590. The monoisotopic (exact) mass is 964 g/mol. The van der Waals surface area contributed by atoms with Gasteiger partial charge in [-0.1, -0.05) is 109 Å². The number of carbonyl (C=O) groups excluding carboxylic acids is 2. The van der Waals surface area contributed by atoms with Gasteiger partial charge in [0, 0.05) is 48.1 Å². The van der Waals surface area contributed by atoms with Crippen LogP contribution in [0.25, 0.3) is 32.7 Å². The zero-order chi connectivity index (χ0) is 50.2. The zero-order valence-electron chi connectivity index (χ0n) is 41.4. The first kappa shape index (κ1) is 48.2. The third-order valence-corrected chi connectivity index (χ3v) is 15.0. The molecule has 8 aromatic rings. The maximum atomic E-state index is 16.2. The first-order valence-corrected chi connectivity index (χ1v) is 24.7. The van der Waals surface area contributed by atoms with Crippen LogP contribution in [0.4, 0.5) is 8.78 Å². The number of para-hydroxylation sites is 1. The van der Waals surface area contributed by atoms with Crippen molar-refractivity contribution in [2.45, 2.75) is 76.7 Å². The summed E-state index contributed by atoms with van der Waals surface area (Å²) in [6, 6.07) is 46.9. The molecule has 2 aliphatic heterocycles. The summed E-state index contributed by atoms with van der Waals surface area (Å²) in [7, 11) is 2.67. The van der Waals surface area contributed by atoms with Crippen molar-refractivity contribution >= 4 is 33.5 Å². The third kappa shape index (κ3) is 9.10. The molecule has 2 heterocycles. The van der Waals surface area contributed by atoms with E-state index < -0.39 is 17.9 Å². The fraction of sp³-hybridized carbons (Fsp3) is 0.258. The molecule has 8 nitrogen and oxygen atoms in total. The minimum Gasteiger partial charge on any atom is -0.489 e. The van der Waals surface area contributed by atoms with Gasteiger partial charge in [-0.05, 0) is 143 Å². The number of nitrogens with one attached hydrogen (secondary N) is 2. The van der Waals surface area contributed by atoms with Crippen molar-refractivity contribution in [2.75, 3.05) is 27.3 Å². The lowest BCUT2D eigenvalue weighted by Crippen LogP contribution is -2.37. The van der Waals surface area contributed by atoms with Crippen LogP contribution in [0.1, 0.15) is 116 Å². The van der Waals surface area contributed by atoms with E-state index in [2.05, 4.69) is 109 Å². The lowest BCUT2D eigenvalue weighted by atomic mass is 9.80. The summed E-state index contributed by atoms with van der Waals surface area (Å²) in [6.45, 7) is 8.85. The summed E-state index contributed by atoms with van der Waals surface area (Å²) in [5, 5.41) is 12.0. The molecule has 0 saturated heterocycles. The molecule has 6 atom stereocenters. The second kappa shape index (κ2) is 20.4. The van der Waals surface area contributed by atoms with Gasteiger partial charge in [-0.15, -0.1) is 0 Å². The predicted molar refractivity (Wildman–Crippen MR) is 279 cm³/mol. The molecule has 0 saturated carbocycles. The normalized spacial score (nSPS) is 18.1. The van der Waals surface area contributed by atoms with Gasteiger partial charge < -0.3 is 29.6 Å². The summed E-state index contributed by atoms with van der Waals surface area (Å²) < 4.78 is 55.7. The largest absolute Gasteiger partial charge is 0.489 e. The quantitative estimate of drug-likeness (QED) is 0.110. The van der Waals surface area contributed by atoms with Gasteiger partial charge in [-0.3, -0.25) is 0 Å². The van der Waals surface area contributed by atoms with Crippen LogP contribution >= 0.6 is 0 Å². The topological polar surface area (TPSA) is 95.1 Å². The molecule has 10 heteroatoms. The van der Waals surface area contributed by atoms with Gasteiger partial charge >= 0.3 is 11.9 Å². The molecular formula is C62H58F2N2O6. The smallest absolute Gasteiger partial charge is 0.338 e. The van der Waals surface area contributed by atoms with E-state index in [1.165, 1.54) is 54.8 Å². The summed E-state index contributed by atoms with van der Waals surface area (Å²) in [4.78, 5) is 25.6. The first-order valence-electron chi connectivity index (χ1n) is 24.7. The molecular weight excluding hydrogens is 907 g/mol. The van der Waals surface area contributed by atoms with E-state index in [1.807, 2.05) is 36.4 Å². The van der Waals surface area contributed by atoms with Crippen LogP contribution < -0.4 is 20.1 Å². The standard InChI is InChI=1S/C62H58F2N2O6/c1-35-43(61(67)69-5)26-28-55(63)59(35)53-31-41(71-57-23-10-9-17-51(53)57)33-66-38(4)46-19-12-22-50-48(20-13-21-49(46)50)40-24-25-52-54(60-36(2)44(62(68)70-6)27-29-56(60)64)32-42(72-58(52)30-40)34-65-37(3)45-18-11-15-39-14-7-8-16-47(39)45/h7-30,37-38,41-42,53-54,65-66H,31-34H2,1-6H3/t37-,38-,41-,42-,53+,54-/m1/s1. The van der Waals surface area contributed by atoms with Crippen LogP contribution in [0.2, 0.25) is 0 Å². The number of methoxy groups -OCH3 is 2. The molecule has 0 bridgehead atoms. The van der Waals surface area contributed by atoms with Gasteiger partial charge in [0.05, 0.1) is 25.3 Å². The molecule has 0 aromatic heterocycles. The highest BCUT2D eigenvalue weighted by Crippen LogP contribution is 2.47. The van der Waals surface area contributed by atoms with E-state index in [9.17, 15) is 9.59 Å². The van der Waals surface area contributed by atoms with Crippen LogP contribution in [0.5, 0.6) is 11.5 Å². The van der Waals surface area contributed by atoms with Crippen molar-refractivity contribution < 1.29 is 37.3 Å². The summed E-state index contributed by atoms with van der Waals surface area (Å²) >= 11 is 0. The average molecular weight is 965 g/mol. The Morgan fingerprint density at radius 1 is 0.569 bits per heavy atom. The van der Waals surface area contributed by atoms with E-state index in [0.717, 1.165) is 38.6 Å². The molecule has 0 unspecified atom stereocenters. The Morgan fingerprint density at radius 2 is 1.07 bits per heavy atom. The number of ether oxygens (including phenoxy) is 4. The number of carbonyl (C=O) groups is 2. The minimum absolute atomic E-state index is 0.00329. The summed E-state index contributed by atoms with van der Waals surface area (Å²) in [5.41, 5.74) is 8.73. The molecule has 0 amide bonds. The number of benzene rings is 8. The van der Waals surface area contributed by atoms with Crippen LogP contribution in [0.15, 0.2) is 146 Å². The molecule has 0 aliphatic carbocycles. The highest BCUT2D eigenvalue weighted by Gasteiger charge is 2.36. The highest BCUT2D eigenvalue weighted by atomic mass is 19.1. The van der Waals surface area contributed by atoms with E-state index in [0.29, 0.717) is 70.8 Å². The molecule has 0 spiro atoms. The SMILES string of the molecule is COC(=O)c1ccc(F)c([C@@H]2C[C@H](CN[C@H](C)c3cccc4ccccc34)Oc3cc(-c4cccc5c([C@@H](C)NC[C@H]6C[C@H](c7c(F)ccc(C(=O)OC)c7C)c7ccccc7O6)cccc45)ccc32)c1C. The third-order valence-electron chi connectivity index (χ3n) is 15.0. The summed E-state index contributed by atoms with van der Waals surface area (Å²) in [6.07, 6.45) is 0.374. The van der Waals surface area contributed by atoms with Crippen LogP contribution in [0.3, 0.4) is 0 Å². The van der Waals surface area contributed by atoms with E-state index in [-0.39, 0.29) is 41.8 Å². The van der Waals surface area contributed by atoms with Gasteiger partial charge in [0.2, 0.25) is 0 Å². The Labute approximate surface area is 419 Å². The number of rotatable bonds is 13. The van der Waals surface area contributed by atoms with Crippen LogP contribution in [0, 0.1) is 25.5 Å². The Bertz CT molecular complexity index is 3370. The Morgan fingerprint density at radius 3 is 1.71 bits per heavy atom. The van der Waals surface area contributed by atoms with Crippen molar-refractivity contribution in [3.63, 3.8) is 0 Å². The van der Waals surface area contributed by atoms with Crippen molar-refractivity contribution in [3.8, 4) is 22.6 Å². The molecule has 0 fully saturated rings. The zero-order valence-corrected chi connectivity index (χ0v) is 41.4. The fourth-order valence-electron chi connectivity index (χ4n) is 11.3. The van der Waals surface area contributed by atoms with Crippen LogP contribution in [-0.4, -0.2) is 51.5 Å². The van der Waals surface area contributed by atoms with Crippen LogP contribution in [-0.2, 0) is 9.47 Å². The van der Waals surface area contributed by atoms with Gasteiger partial charge in [0.1, 0.15) is 35.3 Å². The van der Waals surface area contributed by atoms with Crippen molar-refractivity contribution in [3.05, 3.63) is 213 Å². The Hall–Kier alpha value is -7.40. The molecule has 366 valence electrons. The molecule has 72 heavy (non-hydrogen) atoms. The maximum absolute atomic E-state index is 16.2. The average Bonchev–Trinajstić information content (AvgIpc) is 3.40. The first-order chi connectivity index (χ1) is 34.9. The second-order valence-electron chi connectivity index (χ2n) is 19.2. The predicted octanol–water partition coefficient (Wildman–Crippen LogP) is 13.4. The van der Waals surface area contributed by atoms with Gasteiger partial charge in [-0.25, -0.2) is 18.4 Å². The Kier molecular flexibility index (Phi) is 13.7. The van der Waals surface area contributed by atoms with E-state index >= 15 is 8.78 Å². The summed E-state index contributed by atoms with van der Waals surface area (Å²) in [5.74, 6) is -1.13. The van der Waals surface area contributed by atoms with Gasteiger partial charge in [0.15, 0.2) is 0 Å². The van der Waals surface area contributed by atoms with Gasteiger partial charge in [-0.2, -0.15) is 0 Å². The number of esters is 2. The van der Waals surface area contributed by atoms with Crippen molar-refractivity contribution in [1.29, 1.82) is 0 Å². The number of fused-ring (bicyclic) bond motifs is 4. The maximum Gasteiger partial charge on any atom is 0.338 e. The molecule has 2 aliphatic rings. The molecule has 2 N–H and O–H groups in total. The van der Waals surface area contributed by atoms with Crippen molar-refractivity contribution in [2.24, 2.45) is 0 Å². The minimum atomic E-state index is -0.508. The van der Waals surface area contributed by atoms with E-state index in [4.69, 9.17) is 18.9 Å².